The van der Waals surface area contributed by atoms with Gasteiger partial charge in [0.05, 0.1) is 9.85 Å². The van der Waals surface area contributed by atoms with Crippen molar-refractivity contribution in [2.45, 2.75) is 18.7 Å². The van der Waals surface area contributed by atoms with Gasteiger partial charge in [-0.2, -0.15) is 0 Å². The maximum atomic E-state index is 13.1. The Morgan fingerprint density at radius 2 is 2.29 bits per heavy atom. The molecule has 0 saturated carbocycles. The Labute approximate surface area is 95.4 Å². The number of aryl methyl sites for hydroxylation is 1. The summed E-state index contributed by atoms with van der Waals surface area (Å²) in [4.78, 5) is 10.3. The molecule has 0 bridgehead atoms. The SMILES string of the molecule is Cc1cc(Br)c(F)cc1CC(Cl)C=O. The van der Waals surface area contributed by atoms with Crippen LogP contribution < -0.4 is 0 Å². The predicted molar refractivity (Wildman–Crippen MR) is 58.2 cm³/mol. The van der Waals surface area contributed by atoms with E-state index >= 15 is 0 Å². The van der Waals surface area contributed by atoms with Crippen molar-refractivity contribution in [1.29, 1.82) is 0 Å². The smallest absolute Gasteiger partial charge is 0.138 e. The van der Waals surface area contributed by atoms with Crippen LogP contribution >= 0.6 is 27.5 Å². The summed E-state index contributed by atoms with van der Waals surface area (Å²) in [5.74, 6) is -0.333. The molecule has 1 rings (SSSR count). The molecule has 1 aromatic rings. The van der Waals surface area contributed by atoms with Crippen LogP contribution in [0, 0.1) is 12.7 Å². The van der Waals surface area contributed by atoms with Crippen LogP contribution in [-0.4, -0.2) is 11.7 Å². The molecule has 0 aromatic heterocycles. The van der Waals surface area contributed by atoms with Gasteiger partial charge in [-0.1, -0.05) is 0 Å². The number of aldehydes is 1. The Balaban J connectivity index is 2.97. The van der Waals surface area contributed by atoms with E-state index in [1.165, 1.54) is 6.07 Å². The van der Waals surface area contributed by atoms with Crippen LogP contribution in [0.1, 0.15) is 11.1 Å². The van der Waals surface area contributed by atoms with E-state index in [2.05, 4.69) is 15.9 Å². The molecule has 0 N–H and O–H groups in total. The normalized spacial score (nSPS) is 12.6. The maximum absolute atomic E-state index is 13.1. The first kappa shape index (κ1) is 11.7. The molecule has 0 saturated heterocycles. The summed E-state index contributed by atoms with van der Waals surface area (Å²) in [5, 5.41) is -0.589. The monoisotopic (exact) mass is 278 g/mol. The highest BCUT2D eigenvalue weighted by molar-refractivity contribution is 9.10. The first-order valence-electron chi connectivity index (χ1n) is 4.08. The predicted octanol–water partition coefficient (Wildman–Crippen LogP) is 3.25. The fourth-order valence-electron chi connectivity index (χ4n) is 1.17. The Morgan fingerprint density at radius 3 is 2.86 bits per heavy atom. The van der Waals surface area contributed by atoms with Gasteiger partial charge in [0, 0.05) is 0 Å². The number of carbonyl (C=O) groups is 1. The number of rotatable bonds is 3. The minimum Gasteiger partial charge on any atom is -0.302 e. The van der Waals surface area contributed by atoms with Crippen molar-refractivity contribution in [1.82, 2.24) is 0 Å². The number of benzene rings is 1. The highest BCUT2D eigenvalue weighted by atomic mass is 79.9. The first-order chi connectivity index (χ1) is 6.54. The lowest BCUT2D eigenvalue weighted by molar-refractivity contribution is -0.107. The number of hydrogen-bond donors (Lipinski definition) is 0. The van der Waals surface area contributed by atoms with Crippen molar-refractivity contribution in [2.75, 3.05) is 0 Å². The molecule has 0 aliphatic carbocycles. The summed E-state index contributed by atoms with van der Waals surface area (Å²) >= 11 is 8.75. The average molecular weight is 280 g/mol. The molecule has 0 fully saturated rings. The van der Waals surface area contributed by atoms with Gasteiger partial charge in [0.15, 0.2) is 0 Å². The standard InChI is InChI=1S/C10H9BrClFO/c1-6-2-9(11)10(13)4-7(6)3-8(12)5-14/h2,4-5,8H,3H2,1H3. The number of hydrogen-bond acceptors (Lipinski definition) is 1. The summed E-state index contributed by atoms with van der Waals surface area (Å²) in [5.41, 5.74) is 1.68. The minimum absolute atomic E-state index is 0.333. The quantitative estimate of drug-likeness (QED) is 0.613. The summed E-state index contributed by atoms with van der Waals surface area (Å²) in [7, 11) is 0. The van der Waals surface area contributed by atoms with Gasteiger partial charge in [-0.05, 0) is 52.5 Å². The van der Waals surface area contributed by atoms with Crippen molar-refractivity contribution < 1.29 is 9.18 Å². The van der Waals surface area contributed by atoms with Gasteiger partial charge in [-0.15, -0.1) is 11.6 Å². The van der Waals surface area contributed by atoms with Gasteiger partial charge in [0.2, 0.25) is 0 Å². The molecule has 4 heteroatoms. The van der Waals surface area contributed by atoms with Crippen LogP contribution in [0.25, 0.3) is 0 Å². The van der Waals surface area contributed by atoms with E-state index in [1.807, 2.05) is 6.92 Å². The topological polar surface area (TPSA) is 17.1 Å². The van der Waals surface area contributed by atoms with E-state index in [0.29, 0.717) is 17.2 Å². The zero-order valence-electron chi connectivity index (χ0n) is 7.56. The van der Waals surface area contributed by atoms with E-state index in [4.69, 9.17) is 11.6 Å². The number of alkyl halides is 1. The molecule has 76 valence electrons. The molecule has 0 aliphatic heterocycles. The molecule has 0 radical (unpaired) electrons. The molecule has 1 unspecified atom stereocenters. The fourth-order valence-corrected chi connectivity index (χ4v) is 1.79. The third-order valence-electron chi connectivity index (χ3n) is 1.94. The lowest BCUT2D eigenvalue weighted by atomic mass is 10.0. The maximum Gasteiger partial charge on any atom is 0.138 e. The van der Waals surface area contributed by atoms with E-state index < -0.39 is 5.38 Å². The van der Waals surface area contributed by atoms with Crippen LogP contribution in [0.2, 0.25) is 0 Å². The molecule has 0 spiro atoms. The summed E-state index contributed by atoms with van der Waals surface area (Å²) in [6.45, 7) is 1.86. The van der Waals surface area contributed by atoms with Gasteiger partial charge in [-0.25, -0.2) is 4.39 Å². The fraction of sp³-hybridized carbons (Fsp3) is 0.300. The third-order valence-corrected chi connectivity index (χ3v) is 2.81. The van der Waals surface area contributed by atoms with Crippen LogP contribution in [-0.2, 0) is 11.2 Å². The summed E-state index contributed by atoms with van der Waals surface area (Å²) in [6, 6.07) is 3.08. The summed E-state index contributed by atoms with van der Waals surface area (Å²) in [6.07, 6.45) is 1.02. The van der Waals surface area contributed by atoms with Crippen molar-refractivity contribution in [3.05, 3.63) is 33.5 Å². The van der Waals surface area contributed by atoms with Crippen LogP contribution in [0.5, 0.6) is 0 Å². The Hall–Kier alpha value is -0.410. The van der Waals surface area contributed by atoms with Crippen LogP contribution in [0.15, 0.2) is 16.6 Å². The van der Waals surface area contributed by atoms with Gasteiger partial charge < -0.3 is 4.79 Å². The summed E-state index contributed by atoms with van der Waals surface area (Å²) < 4.78 is 13.6. The molecule has 0 amide bonds. The first-order valence-corrected chi connectivity index (χ1v) is 5.31. The van der Waals surface area contributed by atoms with Crippen LogP contribution in [0.3, 0.4) is 0 Å². The molecule has 1 atom stereocenters. The molecule has 1 aromatic carbocycles. The average Bonchev–Trinajstić information content (AvgIpc) is 2.14. The Morgan fingerprint density at radius 1 is 1.64 bits per heavy atom. The Bertz CT molecular complexity index is 354. The molecule has 14 heavy (non-hydrogen) atoms. The molecular weight excluding hydrogens is 270 g/mol. The third kappa shape index (κ3) is 2.79. The number of halogens is 3. The van der Waals surface area contributed by atoms with Gasteiger partial charge in [0.25, 0.3) is 0 Å². The molecule has 0 heterocycles. The lowest BCUT2D eigenvalue weighted by Gasteiger charge is -2.07. The largest absolute Gasteiger partial charge is 0.302 e. The molecule has 1 nitrogen and oxygen atoms in total. The highest BCUT2D eigenvalue weighted by Crippen LogP contribution is 2.21. The van der Waals surface area contributed by atoms with Crippen molar-refractivity contribution >= 4 is 33.8 Å². The van der Waals surface area contributed by atoms with Crippen molar-refractivity contribution in [3.8, 4) is 0 Å². The zero-order chi connectivity index (χ0) is 10.7. The van der Waals surface area contributed by atoms with Crippen molar-refractivity contribution in [3.63, 3.8) is 0 Å². The molecular formula is C10H9BrClFO. The van der Waals surface area contributed by atoms with E-state index in [0.717, 1.165) is 11.1 Å². The second kappa shape index (κ2) is 4.89. The second-order valence-electron chi connectivity index (χ2n) is 3.05. The van der Waals surface area contributed by atoms with E-state index in [9.17, 15) is 9.18 Å². The second-order valence-corrected chi connectivity index (χ2v) is 4.46. The number of carbonyl (C=O) groups excluding carboxylic acids is 1. The highest BCUT2D eigenvalue weighted by Gasteiger charge is 2.09. The molecule has 0 aliphatic rings. The lowest BCUT2D eigenvalue weighted by Crippen LogP contribution is -2.06. The Kier molecular flexibility index (Phi) is 4.08. The minimum atomic E-state index is -0.589. The van der Waals surface area contributed by atoms with Gasteiger partial charge in [-0.3, -0.25) is 0 Å². The van der Waals surface area contributed by atoms with Gasteiger partial charge in [0.1, 0.15) is 12.1 Å². The van der Waals surface area contributed by atoms with E-state index in [-0.39, 0.29) is 5.82 Å². The van der Waals surface area contributed by atoms with E-state index in [1.54, 1.807) is 6.07 Å². The zero-order valence-corrected chi connectivity index (χ0v) is 9.90. The van der Waals surface area contributed by atoms with Gasteiger partial charge >= 0.3 is 0 Å². The van der Waals surface area contributed by atoms with Crippen molar-refractivity contribution in [2.24, 2.45) is 0 Å². The van der Waals surface area contributed by atoms with Crippen LogP contribution in [0.4, 0.5) is 4.39 Å².